The van der Waals surface area contributed by atoms with Crippen molar-refractivity contribution in [3.63, 3.8) is 0 Å². The number of halogens is 1. The van der Waals surface area contributed by atoms with Gasteiger partial charge in [-0.15, -0.1) is 0 Å². The molecule has 1 fully saturated rings. The van der Waals surface area contributed by atoms with Gasteiger partial charge in [0, 0.05) is 11.7 Å². The SMILES string of the molecule is CCCOc1ccccc1C(=O)Nc1ccc(Cl)c(C(=O)NC2CCCCC2)c1. The number of nitrogens with one attached hydrogen (secondary N) is 2. The fourth-order valence-corrected chi connectivity index (χ4v) is 3.68. The molecule has 0 aromatic heterocycles. The number of carbonyl (C=O) groups is 2. The van der Waals surface area contributed by atoms with Gasteiger partial charge >= 0.3 is 0 Å². The van der Waals surface area contributed by atoms with E-state index < -0.39 is 0 Å². The van der Waals surface area contributed by atoms with E-state index in [9.17, 15) is 9.59 Å². The van der Waals surface area contributed by atoms with Crippen molar-refractivity contribution >= 4 is 29.1 Å². The molecule has 29 heavy (non-hydrogen) atoms. The molecule has 0 heterocycles. The lowest BCUT2D eigenvalue weighted by Gasteiger charge is -2.23. The topological polar surface area (TPSA) is 67.4 Å². The van der Waals surface area contributed by atoms with Crippen molar-refractivity contribution < 1.29 is 14.3 Å². The van der Waals surface area contributed by atoms with Crippen molar-refractivity contribution in [3.8, 4) is 5.75 Å². The molecule has 2 N–H and O–H groups in total. The summed E-state index contributed by atoms with van der Waals surface area (Å²) in [6.45, 7) is 2.55. The first kappa shape index (κ1) is 21.2. The van der Waals surface area contributed by atoms with Gasteiger partial charge in [-0.2, -0.15) is 0 Å². The van der Waals surface area contributed by atoms with Crippen LogP contribution in [0.3, 0.4) is 0 Å². The van der Waals surface area contributed by atoms with Gasteiger partial charge in [0.05, 0.1) is 22.8 Å². The van der Waals surface area contributed by atoms with Crippen LogP contribution in [0.4, 0.5) is 5.69 Å². The minimum Gasteiger partial charge on any atom is -0.493 e. The Morgan fingerprint density at radius 1 is 1.03 bits per heavy atom. The van der Waals surface area contributed by atoms with Gasteiger partial charge in [-0.25, -0.2) is 0 Å². The van der Waals surface area contributed by atoms with Crippen LogP contribution in [0.5, 0.6) is 5.75 Å². The van der Waals surface area contributed by atoms with Crippen molar-refractivity contribution in [2.45, 2.75) is 51.5 Å². The van der Waals surface area contributed by atoms with Crippen molar-refractivity contribution in [1.29, 1.82) is 0 Å². The smallest absolute Gasteiger partial charge is 0.259 e. The number of carbonyl (C=O) groups excluding carboxylic acids is 2. The normalized spacial score (nSPS) is 14.3. The molecule has 0 saturated heterocycles. The monoisotopic (exact) mass is 414 g/mol. The van der Waals surface area contributed by atoms with E-state index in [-0.39, 0.29) is 17.9 Å². The van der Waals surface area contributed by atoms with E-state index in [2.05, 4.69) is 10.6 Å². The average Bonchev–Trinajstić information content (AvgIpc) is 2.74. The van der Waals surface area contributed by atoms with Gasteiger partial charge in [-0.05, 0) is 49.6 Å². The molecule has 3 rings (SSSR count). The van der Waals surface area contributed by atoms with E-state index in [0.717, 1.165) is 32.1 Å². The average molecular weight is 415 g/mol. The lowest BCUT2D eigenvalue weighted by Crippen LogP contribution is -2.36. The summed E-state index contributed by atoms with van der Waals surface area (Å²) in [5.74, 6) is 0.0402. The quantitative estimate of drug-likeness (QED) is 0.633. The molecular weight excluding hydrogens is 388 g/mol. The molecule has 0 bridgehead atoms. The summed E-state index contributed by atoms with van der Waals surface area (Å²) in [4.78, 5) is 25.4. The molecule has 2 amide bonds. The van der Waals surface area contributed by atoms with E-state index in [1.54, 1.807) is 36.4 Å². The van der Waals surface area contributed by atoms with E-state index in [4.69, 9.17) is 16.3 Å². The molecule has 2 aromatic rings. The predicted molar refractivity (Wildman–Crippen MR) is 116 cm³/mol. The van der Waals surface area contributed by atoms with Gasteiger partial charge in [-0.1, -0.05) is 49.9 Å². The van der Waals surface area contributed by atoms with Crippen LogP contribution < -0.4 is 15.4 Å². The Kier molecular flexibility index (Phi) is 7.53. The number of para-hydroxylation sites is 1. The Morgan fingerprint density at radius 3 is 2.55 bits per heavy atom. The van der Waals surface area contributed by atoms with Crippen LogP contribution >= 0.6 is 11.6 Å². The second-order valence-electron chi connectivity index (χ2n) is 7.30. The van der Waals surface area contributed by atoms with Crippen LogP contribution in [0.25, 0.3) is 0 Å². The predicted octanol–water partition coefficient (Wildman–Crippen LogP) is 5.44. The minimum absolute atomic E-state index is 0.188. The standard InChI is InChI=1S/C23H27ClN2O3/c1-2-14-29-21-11-7-6-10-18(21)22(27)26-17-12-13-20(24)19(15-17)23(28)25-16-8-4-3-5-9-16/h6-7,10-13,15-16H,2-5,8-9,14H2,1H3,(H,25,28)(H,26,27). The van der Waals surface area contributed by atoms with Crippen molar-refractivity contribution in [3.05, 3.63) is 58.6 Å². The molecule has 1 saturated carbocycles. The lowest BCUT2D eigenvalue weighted by atomic mass is 9.95. The minimum atomic E-state index is -0.294. The van der Waals surface area contributed by atoms with Crippen LogP contribution in [-0.2, 0) is 0 Å². The number of anilines is 1. The first-order valence-corrected chi connectivity index (χ1v) is 10.6. The molecule has 5 nitrogen and oxygen atoms in total. The third kappa shape index (κ3) is 5.73. The summed E-state index contributed by atoms with van der Waals surface area (Å²) in [5, 5.41) is 6.27. The van der Waals surface area contributed by atoms with Crippen molar-refractivity contribution in [2.24, 2.45) is 0 Å². The molecule has 0 atom stereocenters. The Hall–Kier alpha value is -2.53. The second kappa shape index (κ2) is 10.3. The number of amides is 2. The van der Waals surface area contributed by atoms with Gasteiger partial charge < -0.3 is 15.4 Å². The third-order valence-corrected chi connectivity index (χ3v) is 5.33. The maximum absolute atomic E-state index is 12.8. The van der Waals surface area contributed by atoms with Crippen LogP contribution in [0, 0.1) is 0 Å². The number of hydrogen-bond donors (Lipinski definition) is 2. The van der Waals surface area contributed by atoms with Crippen LogP contribution in [0.15, 0.2) is 42.5 Å². The zero-order valence-corrected chi connectivity index (χ0v) is 17.4. The first-order chi connectivity index (χ1) is 14.1. The second-order valence-corrected chi connectivity index (χ2v) is 7.71. The van der Waals surface area contributed by atoms with Gasteiger partial charge in [0.25, 0.3) is 11.8 Å². The van der Waals surface area contributed by atoms with Crippen molar-refractivity contribution in [1.82, 2.24) is 5.32 Å². The van der Waals surface area contributed by atoms with E-state index in [1.807, 2.05) is 13.0 Å². The largest absolute Gasteiger partial charge is 0.493 e. The maximum Gasteiger partial charge on any atom is 0.259 e. The summed E-state index contributed by atoms with van der Waals surface area (Å²) in [7, 11) is 0. The molecule has 0 aliphatic heterocycles. The fourth-order valence-electron chi connectivity index (χ4n) is 3.48. The number of benzene rings is 2. The number of ether oxygens (including phenoxy) is 1. The molecule has 0 unspecified atom stereocenters. The molecular formula is C23H27ClN2O3. The fraction of sp³-hybridized carbons (Fsp3) is 0.391. The maximum atomic E-state index is 12.8. The number of rotatable bonds is 7. The van der Waals surface area contributed by atoms with Crippen molar-refractivity contribution in [2.75, 3.05) is 11.9 Å². The molecule has 0 spiro atoms. The molecule has 1 aliphatic rings. The summed E-state index contributed by atoms with van der Waals surface area (Å²) in [6.07, 6.45) is 6.33. The summed E-state index contributed by atoms with van der Waals surface area (Å²) in [6, 6.07) is 12.2. The van der Waals surface area contributed by atoms with Crippen LogP contribution in [0.2, 0.25) is 5.02 Å². The third-order valence-electron chi connectivity index (χ3n) is 5.00. The first-order valence-electron chi connectivity index (χ1n) is 10.2. The van der Waals surface area contributed by atoms with Crippen LogP contribution in [-0.4, -0.2) is 24.5 Å². The lowest BCUT2D eigenvalue weighted by molar-refractivity contribution is 0.0926. The molecule has 0 radical (unpaired) electrons. The van der Waals surface area contributed by atoms with Gasteiger partial charge in [0.15, 0.2) is 0 Å². The molecule has 154 valence electrons. The Morgan fingerprint density at radius 2 is 1.79 bits per heavy atom. The highest BCUT2D eigenvalue weighted by atomic mass is 35.5. The van der Waals surface area contributed by atoms with Gasteiger partial charge in [-0.3, -0.25) is 9.59 Å². The number of hydrogen-bond acceptors (Lipinski definition) is 3. The van der Waals surface area contributed by atoms with E-state index >= 15 is 0 Å². The van der Waals surface area contributed by atoms with E-state index in [1.165, 1.54) is 6.42 Å². The molecule has 2 aromatic carbocycles. The zero-order chi connectivity index (χ0) is 20.6. The molecule has 6 heteroatoms. The Bertz CT molecular complexity index is 863. The highest BCUT2D eigenvalue weighted by Gasteiger charge is 2.19. The summed E-state index contributed by atoms with van der Waals surface area (Å²) >= 11 is 6.25. The zero-order valence-electron chi connectivity index (χ0n) is 16.7. The Labute approximate surface area is 176 Å². The van der Waals surface area contributed by atoms with Crippen LogP contribution in [0.1, 0.15) is 66.2 Å². The highest BCUT2D eigenvalue weighted by molar-refractivity contribution is 6.34. The Balaban J connectivity index is 1.72. The van der Waals surface area contributed by atoms with E-state index in [0.29, 0.717) is 34.2 Å². The van der Waals surface area contributed by atoms with Gasteiger partial charge in [0.1, 0.15) is 5.75 Å². The summed E-state index contributed by atoms with van der Waals surface area (Å²) in [5.41, 5.74) is 1.33. The van der Waals surface area contributed by atoms with Gasteiger partial charge in [0.2, 0.25) is 0 Å². The molecule has 1 aliphatic carbocycles. The highest BCUT2D eigenvalue weighted by Crippen LogP contribution is 2.24. The summed E-state index contributed by atoms with van der Waals surface area (Å²) < 4.78 is 5.66.